The number of nitrogens with one attached hydrogen (secondary N) is 1. The smallest absolute Gasteiger partial charge is 0.336 e. The van der Waals surface area contributed by atoms with Gasteiger partial charge in [0.25, 0.3) is 0 Å². The second-order valence-corrected chi connectivity index (χ2v) is 14.1. The fraction of sp³-hybridized carbons (Fsp3) is 0.458. The molecule has 0 saturated heterocycles. The molecule has 0 radical (unpaired) electrons. The molecule has 0 spiro atoms. The van der Waals surface area contributed by atoms with Gasteiger partial charge in [0.1, 0.15) is 5.75 Å². The minimum absolute atomic E-state index is 0.0838. The molecule has 2 atom stereocenters. The Kier molecular flexibility index (Phi) is 7.72. The number of benzene rings is 2. The molecule has 0 bridgehead atoms. The van der Waals surface area contributed by atoms with E-state index in [2.05, 4.69) is 39.2 Å². The molecule has 2 aromatic carbocycles. The third kappa shape index (κ3) is 6.09. The third-order valence-electron chi connectivity index (χ3n) is 5.49. The first kappa shape index (κ1) is 24.0. The van der Waals surface area contributed by atoms with Gasteiger partial charge in [-0.1, -0.05) is 63.2 Å². The summed E-state index contributed by atoms with van der Waals surface area (Å²) in [7, 11) is -2.31. The van der Waals surface area contributed by atoms with Crippen molar-refractivity contribution in [1.82, 2.24) is 0 Å². The lowest BCUT2D eigenvalue weighted by Crippen LogP contribution is -2.49. The first-order valence-corrected chi connectivity index (χ1v) is 13.3. The van der Waals surface area contributed by atoms with Crippen LogP contribution in [0, 0.1) is 0 Å². The maximum absolute atomic E-state index is 13.2. The Labute approximate surface area is 181 Å². The van der Waals surface area contributed by atoms with Gasteiger partial charge < -0.3 is 19.6 Å². The quantitative estimate of drug-likeness (QED) is 0.311. The predicted molar refractivity (Wildman–Crippen MR) is 124 cm³/mol. The van der Waals surface area contributed by atoms with E-state index in [1.165, 1.54) is 0 Å². The van der Waals surface area contributed by atoms with Gasteiger partial charge >= 0.3 is 5.97 Å². The molecule has 6 heteroatoms. The van der Waals surface area contributed by atoms with Gasteiger partial charge in [0.2, 0.25) is 0 Å². The molecule has 5 nitrogen and oxygen atoms in total. The van der Waals surface area contributed by atoms with Crippen LogP contribution in [0.4, 0.5) is 5.69 Å². The maximum atomic E-state index is 13.2. The van der Waals surface area contributed by atoms with Crippen LogP contribution in [-0.4, -0.2) is 31.6 Å². The Morgan fingerprint density at radius 2 is 1.57 bits per heavy atom. The number of aromatic hydroxyl groups is 1. The topological polar surface area (TPSA) is 67.8 Å². The minimum atomic E-state index is -2.31. The molecular weight excluding hydrogens is 394 g/mol. The normalized spacial score (nSPS) is 14.3. The molecule has 0 aliphatic rings. The number of rotatable bonds is 8. The molecule has 0 unspecified atom stereocenters. The Morgan fingerprint density at radius 1 is 1.00 bits per heavy atom. The first-order chi connectivity index (χ1) is 13.9. The lowest BCUT2D eigenvalue weighted by atomic mass is 10.0. The van der Waals surface area contributed by atoms with Crippen LogP contribution in [0.15, 0.2) is 54.6 Å². The van der Waals surface area contributed by atoms with E-state index in [1.807, 2.05) is 50.2 Å². The highest BCUT2D eigenvalue weighted by Gasteiger charge is 2.44. The van der Waals surface area contributed by atoms with Crippen LogP contribution in [0.2, 0.25) is 18.1 Å². The summed E-state index contributed by atoms with van der Waals surface area (Å²) in [4.78, 5) is 13.2. The summed E-state index contributed by atoms with van der Waals surface area (Å²) in [6.07, 6.45) is -1.13. The number of esters is 1. The van der Waals surface area contributed by atoms with Gasteiger partial charge in [-0.3, -0.25) is 0 Å². The highest BCUT2D eigenvalue weighted by atomic mass is 28.4. The van der Waals surface area contributed by atoms with Gasteiger partial charge in [-0.25, -0.2) is 4.79 Å². The highest BCUT2D eigenvalue weighted by Crippen LogP contribution is 2.40. The molecule has 0 heterocycles. The number of anilines is 1. The average molecular weight is 430 g/mol. The SMILES string of the molecule is CC(C)OC(=O)[C@H](O[Si](C)(C)C(C)(C)C)[C@@H](Nc1ccccc1O)c1ccccc1. The van der Waals surface area contributed by atoms with Crippen LogP contribution < -0.4 is 5.32 Å². The summed E-state index contributed by atoms with van der Waals surface area (Å²) in [6.45, 7) is 14.3. The number of hydrogen-bond donors (Lipinski definition) is 2. The van der Waals surface area contributed by atoms with Gasteiger partial charge in [-0.2, -0.15) is 0 Å². The largest absolute Gasteiger partial charge is 0.506 e. The van der Waals surface area contributed by atoms with E-state index in [9.17, 15) is 9.90 Å². The summed E-state index contributed by atoms with van der Waals surface area (Å²) in [5.41, 5.74) is 1.41. The zero-order chi connectivity index (χ0) is 22.5. The van der Waals surface area contributed by atoms with E-state index in [0.29, 0.717) is 5.69 Å². The van der Waals surface area contributed by atoms with Crippen molar-refractivity contribution in [2.75, 3.05) is 5.32 Å². The van der Waals surface area contributed by atoms with E-state index in [4.69, 9.17) is 9.16 Å². The van der Waals surface area contributed by atoms with Crippen molar-refractivity contribution >= 4 is 20.0 Å². The Hall–Kier alpha value is -2.31. The number of para-hydroxylation sites is 2. The van der Waals surface area contributed by atoms with Gasteiger partial charge in [0.15, 0.2) is 14.4 Å². The molecule has 0 saturated carbocycles. The number of phenols is 1. The zero-order valence-corrected chi connectivity index (χ0v) is 20.1. The fourth-order valence-corrected chi connectivity index (χ4v) is 4.02. The average Bonchev–Trinajstić information content (AvgIpc) is 2.65. The van der Waals surface area contributed by atoms with Crippen molar-refractivity contribution in [3.8, 4) is 5.75 Å². The molecule has 0 fully saturated rings. The molecule has 30 heavy (non-hydrogen) atoms. The number of carbonyl (C=O) groups is 1. The Morgan fingerprint density at radius 3 is 2.10 bits per heavy atom. The van der Waals surface area contributed by atoms with Gasteiger partial charge in [0.05, 0.1) is 17.8 Å². The van der Waals surface area contributed by atoms with Crippen LogP contribution in [0.5, 0.6) is 5.75 Å². The summed E-state index contributed by atoms with van der Waals surface area (Å²) >= 11 is 0. The summed E-state index contributed by atoms with van der Waals surface area (Å²) in [6, 6.07) is 16.1. The summed E-state index contributed by atoms with van der Waals surface area (Å²) in [5, 5.41) is 13.6. The number of hydrogen-bond acceptors (Lipinski definition) is 5. The molecule has 164 valence electrons. The van der Waals surface area contributed by atoms with Gasteiger partial charge in [0, 0.05) is 0 Å². The van der Waals surface area contributed by atoms with Crippen molar-refractivity contribution in [3.05, 3.63) is 60.2 Å². The highest BCUT2D eigenvalue weighted by molar-refractivity contribution is 6.74. The molecule has 2 rings (SSSR count). The number of phenolic OH excluding ortho intramolecular Hbond substituents is 1. The van der Waals surface area contributed by atoms with Crippen molar-refractivity contribution < 1.29 is 19.1 Å². The lowest BCUT2D eigenvalue weighted by Gasteiger charge is -2.41. The van der Waals surface area contributed by atoms with E-state index in [1.54, 1.807) is 18.2 Å². The first-order valence-electron chi connectivity index (χ1n) is 10.4. The molecule has 0 amide bonds. The van der Waals surface area contributed by atoms with E-state index >= 15 is 0 Å². The van der Waals surface area contributed by atoms with Gasteiger partial charge in [-0.15, -0.1) is 0 Å². The minimum Gasteiger partial charge on any atom is -0.506 e. The third-order valence-corrected chi connectivity index (χ3v) is 9.94. The monoisotopic (exact) mass is 429 g/mol. The van der Waals surface area contributed by atoms with Crippen molar-refractivity contribution in [2.45, 2.75) is 71.0 Å². The van der Waals surface area contributed by atoms with E-state index in [0.717, 1.165) is 5.56 Å². The second kappa shape index (κ2) is 9.66. The lowest BCUT2D eigenvalue weighted by molar-refractivity contribution is -0.157. The Bertz CT molecular complexity index is 831. The Balaban J connectivity index is 2.53. The summed E-state index contributed by atoms with van der Waals surface area (Å²) in [5.74, 6) is -0.298. The zero-order valence-electron chi connectivity index (χ0n) is 19.1. The summed E-state index contributed by atoms with van der Waals surface area (Å²) < 4.78 is 12.2. The van der Waals surface area contributed by atoms with Crippen LogP contribution in [0.3, 0.4) is 0 Å². The van der Waals surface area contributed by atoms with Crippen molar-refractivity contribution in [1.29, 1.82) is 0 Å². The van der Waals surface area contributed by atoms with E-state index in [-0.39, 0.29) is 16.9 Å². The number of carbonyl (C=O) groups excluding carboxylic acids is 1. The molecule has 0 aromatic heterocycles. The van der Waals surface area contributed by atoms with E-state index < -0.39 is 26.4 Å². The molecular formula is C24H35NO4Si. The maximum Gasteiger partial charge on any atom is 0.336 e. The molecule has 2 N–H and O–H groups in total. The van der Waals surface area contributed by atoms with Crippen molar-refractivity contribution in [2.24, 2.45) is 0 Å². The van der Waals surface area contributed by atoms with Crippen LogP contribution in [-0.2, 0) is 14.0 Å². The standard InChI is InChI=1S/C24H35NO4Si/c1-17(2)28-23(27)22(29-30(6,7)24(3,4)5)21(18-13-9-8-10-14-18)25-19-15-11-12-16-20(19)26/h8-17,21-22,25-26H,1-7H3/t21-,22+/m0/s1. The predicted octanol–water partition coefficient (Wildman–Crippen LogP) is 5.89. The fourth-order valence-electron chi connectivity index (χ4n) is 2.80. The van der Waals surface area contributed by atoms with Crippen LogP contribution >= 0.6 is 0 Å². The van der Waals surface area contributed by atoms with Crippen LogP contribution in [0.1, 0.15) is 46.2 Å². The second-order valence-electron chi connectivity index (χ2n) is 9.33. The number of ether oxygens (including phenoxy) is 1. The van der Waals surface area contributed by atoms with Crippen molar-refractivity contribution in [3.63, 3.8) is 0 Å². The molecule has 0 aliphatic carbocycles. The molecule has 2 aromatic rings. The van der Waals surface area contributed by atoms with Gasteiger partial charge in [-0.05, 0) is 49.7 Å². The molecule has 0 aliphatic heterocycles. The van der Waals surface area contributed by atoms with Crippen LogP contribution in [0.25, 0.3) is 0 Å².